The van der Waals surface area contributed by atoms with Crippen molar-refractivity contribution in [3.63, 3.8) is 0 Å². The second-order valence-corrected chi connectivity index (χ2v) is 7.42. The van der Waals surface area contributed by atoms with E-state index in [1.807, 2.05) is 18.2 Å². The first-order valence-electron chi connectivity index (χ1n) is 9.66. The Kier molecular flexibility index (Phi) is 4.09. The molecule has 0 radical (unpaired) electrons. The van der Waals surface area contributed by atoms with Crippen LogP contribution in [-0.4, -0.2) is 22.6 Å². The summed E-state index contributed by atoms with van der Waals surface area (Å²) in [6.45, 7) is 2.24. The van der Waals surface area contributed by atoms with Gasteiger partial charge in [0.2, 0.25) is 0 Å². The van der Waals surface area contributed by atoms with Crippen LogP contribution in [-0.2, 0) is 7.05 Å². The SMILES string of the molecule is Cn1cc(C2CCNCC2)c2c1=CC(Nc1ccc3ocnc3c1)=CCC=2. The molecule has 2 aliphatic rings. The van der Waals surface area contributed by atoms with Crippen molar-refractivity contribution in [3.05, 3.63) is 58.7 Å². The van der Waals surface area contributed by atoms with Crippen LogP contribution in [0.1, 0.15) is 30.7 Å². The van der Waals surface area contributed by atoms with E-state index in [2.05, 4.69) is 51.7 Å². The highest BCUT2D eigenvalue weighted by atomic mass is 16.3. The second-order valence-electron chi connectivity index (χ2n) is 7.42. The van der Waals surface area contributed by atoms with Gasteiger partial charge < -0.3 is 19.6 Å². The fourth-order valence-corrected chi connectivity index (χ4v) is 4.25. The predicted molar refractivity (Wildman–Crippen MR) is 109 cm³/mol. The lowest BCUT2D eigenvalue weighted by Gasteiger charge is -2.22. The van der Waals surface area contributed by atoms with E-state index in [1.165, 1.54) is 35.4 Å². The highest BCUT2D eigenvalue weighted by molar-refractivity contribution is 5.78. The standard InChI is InChI=1S/C22H24N4O/c1-26-13-19(15-7-9-23-10-8-15)18-4-2-3-16(12-21(18)26)25-17-5-6-22-20(11-17)24-14-27-22/h3-6,11-15,23,25H,2,7-10H2,1H3. The molecule has 3 heterocycles. The predicted octanol–water partition coefficient (Wildman–Crippen LogP) is 2.59. The summed E-state index contributed by atoms with van der Waals surface area (Å²) in [7, 11) is 2.15. The van der Waals surface area contributed by atoms with Crippen molar-refractivity contribution in [2.24, 2.45) is 7.05 Å². The Labute approximate surface area is 158 Å². The third kappa shape index (κ3) is 3.08. The first-order chi connectivity index (χ1) is 13.3. The summed E-state index contributed by atoms with van der Waals surface area (Å²) < 4.78 is 7.60. The Morgan fingerprint density at radius 1 is 1.22 bits per heavy atom. The van der Waals surface area contributed by atoms with Crippen molar-refractivity contribution in [1.29, 1.82) is 0 Å². The van der Waals surface area contributed by atoms with Crippen LogP contribution in [0.3, 0.4) is 0 Å². The zero-order valence-corrected chi connectivity index (χ0v) is 15.5. The van der Waals surface area contributed by atoms with Gasteiger partial charge in [0, 0.05) is 30.0 Å². The van der Waals surface area contributed by atoms with Gasteiger partial charge in [0.15, 0.2) is 12.0 Å². The topological polar surface area (TPSA) is 55.0 Å². The lowest BCUT2D eigenvalue weighted by molar-refractivity contribution is 0.459. The van der Waals surface area contributed by atoms with Crippen LogP contribution >= 0.6 is 0 Å². The summed E-state index contributed by atoms with van der Waals surface area (Å²) in [5.41, 5.74) is 5.32. The first-order valence-corrected chi connectivity index (χ1v) is 9.66. The van der Waals surface area contributed by atoms with Crippen molar-refractivity contribution in [2.45, 2.75) is 25.2 Å². The molecular formula is C22H24N4O. The van der Waals surface area contributed by atoms with E-state index in [9.17, 15) is 0 Å². The van der Waals surface area contributed by atoms with Crippen LogP contribution in [0.5, 0.6) is 0 Å². The van der Waals surface area contributed by atoms with E-state index >= 15 is 0 Å². The summed E-state index contributed by atoms with van der Waals surface area (Å²) >= 11 is 0. The minimum absolute atomic E-state index is 0.662. The molecule has 2 N–H and O–H groups in total. The van der Waals surface area contributed by atoms with Gasteiger partial charge in [-0.3, -0.25) is 0 Å². The highest BCUT2D eigenvalue weighted by Crippen LogP contribution is 2.23. The molecule has 0 atom stereocenters. The number of rotatable bonds is 3. The molecule has 2 aromatic heterocycles. The van der Waals surface area contributed by atoms with Crippen LogP contribution in [0.25, 0.3) is 23.3 Å². The third-order valence-electron chi connectivity index (χ3n) is 5.65. The lowest BCUT2D eigenvalue weighted by Crippen LogP contribution is -2.32. The Hall–Kier alpha value is -2.79. The molecular weight excluding hydrogens is 336 g/mol. The molecule has 1 aromatic carbocycles. The number of nitrogens with zero attached hydrogens (tertiary/aromatic N) is 2. The maximum absolute atomic E-state index is 5.33. The summed E-state index contributed by atoms with van der Waals surface area (Å²) in [6, 6.07) is 6.01. The Balaban J connectivity index is 1.49. The maximum Gasteiger partial charge on any atom is 0.181 e. The largest absolute Gasteiger partial charge is 0.443 e. The van der Waals surface area contributed by atoms with Gasteiger partial charge in [0.05, 0.1) is 0 Å². The number of nitrogens with one attached hydrogen (secondary N) is 2. The molecule has 138 valence electrons. The fourth-order valence-electron chi connectivity index (χ4n) is 4.25. The molecule has 0 spiro atoms. The van der Waals surface area contributed by atoms with Gasteiger partial charge in [0.1, 0.15) is 5.52 Å². The first kappa shape index (κ1) is 16.4. The Morgan fingerprint density at radius 2 is 2.11 bits per heavy atom. The molecule has 5 rings (SSSR count). The van der Waals surface area contributed by atoms with E-state index in [1.54, 1.807) is 0 Å². The number of oxazole rings is 1. The second kappa shape index (κ2) is 6.74. The van der Waals surface area contributed by atoms with Gasteiger partial charge in [-0.25, -0.2) is 4.98 Å². The van der Waals surface area contributed by atoms with Crippen LogP contribution in [0.4, 0.5) is 5.69 Å². The molecule has 5 nitrogen and oxygen atoms in total. The van der Waals surface area contributed by atoms with Crippen molar-refractivity contribution in [2.75, 3.05) is 18.4 Å². The van der Waals surface area contributed by atoms with Gasteiger partial charge in [-0.05, 0) is 73.3 Å². The van der Waals surface area contributed by atoms with E-state index in [-0.39, 0.29) is 0 Å². The fraction of sp³-hybridized carbons (Fsp3) is 0.318. The van der Waals surface area contributed by atoms with Gasteiger partial charge in [0.25, 0.3) is 0 Å². The Morgan fingerprint density at radius 3 is 3.00 bits per heavy atom. The summed E-state index contributed by atoms with van der Waals surface area (Å²) in [6.07, 6.45) is 14.1. The molecule has 1 saturated heterocycles. The van der Waals surface area contributed by atoms with Crippen molar-refractivity contribution in [3.8, 4) is 0 Å². The number of hydrogen-bond acceptors (Lipinski definition) is 4. The number of anilines is 1. The van der Waals surface area contributed by atoms with Crippen LogP contribution in [0, 0.1) is 0 Å². The molecule has 3 aromatic rings. The highest BCUT2D eigenvalue weighted by Gasteiger charge is 2.18. The average Bonchev–Trinajstić information content (AvgIpc) is 3.21. The molecule has 1 aliphatic heterocycles. The lowest BCUT2D eigenvalue weighted by atomic mass is 9.91. The van der Waals surface area contributed by atoms with Crippen molar-refractivity contribution >= 4 is 28.9 Å². The third-order valence-corrected chi connectivity index (χ3v) is 5.65. The molecule has 0 amide bonds. The van der Waals surface area contributed by atoms with Gasteiger partial charge in [-0.1, -0.05) is 12.2 Å². The zero-order valence-electron chi connectivity index (χ0n) is 15.5. The molecule has 0 unspecified atom stereocenters. The molecule has 27 heavy (non-hydrogen) atoms. The zero-order chi connectivity index (χ0) is 18.2. The van der Waals surface area contributed by atoms with Crippen LogP contribution < -0.4 is 21.2 Å². The van der Waals surface area contributed by atoms with Crippen molar-refractivity contribution < 1.29 is 4.42 Å². The Bertz CT molecular complexity index is 1130. The minimum atomic E-state index is 0.662. The quantitative estimate of drug-likeness (QED) is 0.754. The number of benzene rings is 1. The minimum Gasteiger partial charge on any atom is -0.443 e. The summed E-state index contributed by atoms with van der Waals surface area (Å²) in [5, 5.41) is 9.70. The number of hydrogen-bond donors (Lipinski definition) is 2. The molecule has 1 fully saturated rings. The molecule has 0 bridgehead atoms. The number of piperidine rings is 1. The van der Waals surface area contributed by atoms with Gasteiger partial charge >= 0.3 is 0 Å². The monoisotopic (exact) mass is 360 g/mol. The molecule has 1 aliphatic carbocycles. The van der Waals surface area contributed by atoms with E-state index < -0.39 is 0 Å². The van der Waals surface area contributed by atoms with Gasteiger partial charge in [-0.15, -0.1) is 0 Å². The number of allylic oxidation sites excluding steroid dienone is 2. The van der Waals surface area contributed by atoms with E-state index in [0.29, 0.717) is 5.92 Å². The van der Waals surface area contributed by atoms with Crippen LogP contribution in [0.15, 0.2) is 47.0 Å². The number of aryl methyl sites for hydroxylation is 1. The van der Waals surface area contributed by atoms with E-state index in [0.717, 1.165) is 42.0 Å². The smallest absolute Gasteiger partial charge is 0.181 e. The summed E-state index contributed by atoms with van der Waals surface area (Å²) in [4.78, 5) is 4.24. The number of fused-ring (bicyclic) bond motifs is 2. The average molecular weight is 360 g/mol. The maximum atomic E-state index is 5.33. The van der Waals surface area contributed by atoms with Crippen LogP contribution in [0.2, 0.25) is 0 Å². The molecule has 0 saturated carbocycles. The number of aromatic nitrogens is 2. The van der Waals surface area contributed by atoms with E-state index in [4.69, 9.17) is 4.42 Å². The summed E-state index contributed by atoms with van der Waals surface area (Å²) in [5.74, 6) is 0.662. The normalized spacial score (nSPS) is 17.6. The van der Waals surface area contributed by atoms with Crippen molar-refractivity contribution in [1.82, 2.24) is 14.9 Å². The van der Waals surface area contributed by atoms with Gasteiger partial charge in [-0.2, -0.15) is 0 Å². The molecule has 5 heteroatoms.